The lowest BCUT2D eigenvalue weighted by molar-refractivity contribution is -0.140. The number of amides is 2. The highest BCUT2D eigenvalue weighted by molar-refractivity contribution is 5.99. The molecule has 3 rings (SSSR count). The maximum absolute atomic E-state index is 13.9. The normalized spacial score (nSPS) is 17.5. The predicted molar refractivity (Wildman–Crippen MR) is 118 cm³/mol. The third-order valence-corrected chi connectivity index (χ3v) is 5.47. The average Bonchev–Trinajstić information content (AvgIpc) is 3.28. The van der Waals surface area contributed by atoms with E-state index in [1.807, 2.05) is 30.3 Å². The highest BCUT2D eigenvalue weighted by atomic mass is 19.1. The smallest absolute Gasteiger partial charge is 0.410 e. The van der Waals surface area contributed by atoms with Crippen molar-refractivity contribution >= 4 is 23.7 Å². The van der Waals surface area contributed by atoms with Crippen molar-refractivity contribution in [3.63, 3.8) is 0 Å². The number of benzene rings is 2. The van der Waals surface area contributed by atoms with E-state index in [2.05, 4.69) is 4.74 Å². The van der Waals surface area contributed by atoms with Crippen molar-refractivity contribution in [2.75, 3.05) is 32.2 Å². The van der Waals surface area contributed by atoms with Crippen molar-refractivity contribution in [3.8, 4) is 0 Å². The zero-order chi connectivity index (χ0) is 23.8. The molecular weight excluding hydrogens is 431 g/mol. The van der Waals surface area contributed by atoms with E-state index in [0.29, 0.717) is 0 Å². The molecule has 176 valence electrons. The van der Waals surface area contributed by atoms with Crippen molar-refractivity contribution in [1.82, 2.24) is 4.90 Å². The van der Waals surface area contributed by atoms with Gasteiger partial charge in [0.05, 0.1) is 26.2 Å². The molecule has 0 unspecified atom stereocenters. The second-order valence-corrected chi connectivity index (χ2v) is 7.60. The van der Waals surface area contributed by atoms with Crippen LogP contribution in [0, 0.1) is 5.82 Å². The van der Waals surface area contributed by atoms with Crippen LogP contribution in [-0.4, -0.2) is 62.3 Å². The quantitative estimate of drug-likeness (QED) is 0.565. The fourth-order valence-electron chi connectivity index (χ4n) is 3.70. The van der Waals surface area contributed by atoms with E-state index < -0.39 is 29.8 Å². The largest absolute Gasteiger partial charge is 0.469 e. The molecule has 0 radical (unpaired) electrons. The molecule has 33 heavy (non-hydrogen) atoms. The van der Waals surface area contributed by atoms with Gasteiger partial charge in [-0.05, 0) is 23.8 Å². The lowest BCUT2D eigenvalue weighted by Gasteiger charge is -2.29. The number of anilines is 1. The topological polar surface area (TPSA) is 85.4 Å². The van der Waals surface area contributed by atoms with Crippen LogP contribution in [0.5, 0.6) is 0 Å². The van der Waals surface area contributed by atoms with Gasteiger partial charge in [0.25, 0.3) is 0 Å². The molecule has 0 spiro atoms. The SMILES string of the molecule is COC(=O)CCN(C(=O)[C@H]1C[C@@H](OC)CN1C(=O)OCc1ccccc1)c1cccc(F)c1. The summed E-state index contributed by atoms with van der Waals surface area (Å²) < 4.78 is 29.4. The third kappa shape index (κ3) is 6.29. The van der Waals surface area contributed by atoms with Gasteiger partial charge in [-0.3, -0.25) is 14.5 Å². The summed E-state index contributed by atoms with van der Waals surface area (Å²) in [6.07, 6.45) is -0.848. The number of ether oxygens (including phenoxy) is 3. The van der Waals surface area contributed by atoms with Crippen molar-refractivity contribution < 1.29 is 33.0 Å². The monoisotopic (exact) mass is 458 g/mol. The van der Waals surface area contributed by atoms with Gasteiger partial charge in [-0.15, -0.1) is 0 Å². The van der Waals surface area contributed by atoms with Crippen LogP contribution >= 0.6 is 0 Å². The molecule has 2 aromatic rings. The van der Waals surface area contributed by atoms with Crippen molar-refractivity contribution in [2.45, 2.75) is 31.6 Å². The summed E-state index contributed by atoms with van der Waals surface area (Å²) in [6.45, 7) is 0.204. The molecule has 8 nitrogen and oxygen atoms in total. The molecule has 1 fully saturated rings. The number of hydrogen-bond donors (Lipinski definition) is 0. The lowest BCUT2D eigenvalue weighted by atomic mass is 10.1. The van der Waals surface area contributed by atoms with Crippen LogP contribution in [0.2, 0.25) is 0 Å². The van der Waals surface area contributed by atoms with Gasteiger partial charge in [0.2, 0.25) is 5.91 Å². The maximum atomic E-state index is 13.9. The number of esters is 1. The van der Waals surface area contributed by atoms with Crippen LogP contribution in [0.15, 0.2) is 54.6 Å². The number of hydrogen-bond acceptors (Lipinski definition) is 6. The number of rotatable bonds is 8. The molecule has 0 N–H and O–H groups in total. The Hall–Kier alpha value is -3.46. The van der Waals surface area contributed by atoms with E-state index in [0.717, 1.165) is 5.56 Å². The van der Waals surface area contributed by atoms with Crippen LogP contribution < -0.4 is 4.90 Å². The zero-order valence-corrected chi connectivity index (χ0v) is 18.6. The minimum atomic E-state index is -0.890. The van der Waals surface area contributed by atoms with E-state index >= 15 is 0 Å². The predicted octanol–water partition coefficient (Wildman–Crippen LogP) is 3.15. The molecular formula is C24H27FN2O6. The van der Waals surface area contributed by atoms with E-state index in [1.165, 1.54) is 42.2 Å². The summed E-state index contributed by atoms with van der Waals surface area (Å²) in [5, 5.41) is 0. The van der Waals surface area contributed by atoms with Gasteiger partial charge in [0, 0.05) is 25.8 Å². The first-order chi connectivity index (χ1) is 15.9. The number of halogens is 1. The van der Waals surface area contributed by atoms with Crippen molar-refractivity contribution in [1.29, 1.82) is 0 Å². The molecule has 1 saturated heterocycles. The number of nitrogens with zero attached hydrogens (tertiary/aromatic N) is 2. The summed E-state index contributed by atoms with van der Waals surface area (Å²) in [4.78, 5) is 40.7. The molecule has 1 heterocycles. The second-order valence-electron chi connectivity index (χ2n) is 7.60. The Balaban J connectivity index is 1.80. The first-order valence-corrected chi connectivity index (χ1v) is 10.6. The molecule has 2 amide bonds. The van der Waals surface area contributed by atoms with Crippen LogP contribution in [-0.2, 0) is 30.4 Å². The molecule has 0 bridgehead atoms. The zero-order valence-electron chi connectivity index (χ0n) is 18.6. The van der Waals surface area contributed by atoms with Crippen LogP contribution in [0.1, 0.15) is 18.4 Å². The minimum absolute atomic E-state index is 0.0317. The van der Waals surface area contributed by atoms with E-state index in [-0.39, 0.29) is 44.3 Å². The van der Waals surface area contributed by atoms with Crippen LogP contribution in [0.4, 0.5) is 14.9 Å². The Morgan fingerprint density at radius 1 is 1.09 bits per heavy atom. The molecule has 2 aromatic carbocycles. The summed E-state index contributed by atoms with van der Waals surface area (Å²) >= 11 is 0. The summed E-state index contributed by atoms with van der Waals surface area (Å²) in [5.41, 5.74) is 1.10. The van der Waals surface area contributed by atoms with Gasteiger partial charge in [-0.25, -0.2) is 9.18 Å². The molecule has 0 saturated carbocycles. The number of methoxy groups -OCH3 is 2. The highest BCUT2D eigenvalue weighted by Gasteiger charge is 2.42. The van der Waals surface area contributed by atoms with Gasteiger partial charge < -0.3 is 19.1 Å². The van der Waals surface area contributed by atoms with Crippen LogP contribution in [0.3, 0.4) is 0 Å². The van der Waals surface area contributed by atoms with Crippen LogP contribution in [0.25, 0.3) is 0 Å². The summed E-state index contributed by atoms with van der Waals surface area (Å²) in [5.74, 6) is -1.49. The van der Waals surface area contributed by atoms with E-state index in [4.69, 9.17) is 9.47 Å². The Kier molecular flexibility index (Phi) is 8.37. The Morgan fingerprint density at radius 2 is 1.85 bits per heavy atom. The Bertz CT molecular complexity index is 970. The number of likely N-dealkylation sites (tertiary alicyclic amines) is 1. The van der Waals surface area contributed by atoms with E-state index in [9.17, 15) is 18.8 Å². The number of carbonyl (C=O) groups is 3. The molecule has 1 aliphatic rings. The fourth-order valence-corrected chi connectivity index (χ4v) is 3.70. The second kappa shape index (κ2) is 11.4. The standard InChI is InChI=1S/C24H27FN2O6/c1-31-20-14-21(27(15-20)24(30)33-16-17-7-4-3-5-8-17)23(29)26(12-11-22(28)32-2)19-10-6-9-18(25)13-19/h3-10,13,20-21H,11-12,14-16H2,1-2H3/t20-,21-/m1/s1. The van der Waals surface area contributed by atoms with Crippen molar-refractivity contribution in [3.05, 3.63) is 66.0 Å². The molecule has 0 aromatic heterocycles. The maximum Gasteiger partial charge on any atom is 0.410 e. The highest BCUT2D eigenvalue weighted by Crippen LogP contribution is 2.26. The third-order valence-electron chi connectivity index (χ3n) is 5.47. The molecule has 0 aliphatic carbocycles. The molecule has 1 aliphatic heterocycles. The van der Waals surface area contributed by atoms with Gasteiger partial charge >= 0.3 is 12.1 Å². The van der Waals surface area contributed by atoms with E-state index in [1.54, 1.807) is 6.07 Å². The first kappa shape index (κ1) is 24.2. The van der Waals surface area contributed by atoms with Gasteiger partial charge in [-0.2, -0.15) is 0 Å². The van der Waals surface area contributed by atoms with Gasteiger partial charge in [0.15, 0.2) is 0 Å². The Morgan fingerprint density at radius 3 is 2.52 bits per heavy atom. The first-order valence-electron chi connectivity index (χ1n) is 10.6. The lowest BCUT2D eigenvalue weighted by Crippen LogP contribution is -2.48. The summed E-state index contributed by atoms with van der Waals surface area (Å²) in [6, 6.07) is 13.8. The molecule has 2 atom stereocenters. The van der Waals surface area contributed by atoms with Gasteiger partial charge in [-0.1, -0.05) is 36.4 Å². The number of carbonyl (C=O) groups excluding carboxylic acids is 3. The Labute approximate surface area is 191 Å². The average molecular weight is 458 g/mol. The molecule has 9 heteroatoms. The van der Waals surface area contributed by atoms with Gasteiger partial charge in [0.1, 0.15) is 18.5 Å². The van der Waals surface area contributed by atoms with Crippen molar-refractivity contribution in [2.24, 2.45) is 0 Å². The minimum Gasteiger partial charge on any atom is -0.469 e. The summed E-state index contributed by atoms with van der Waals surface area (Å²) in [7, 11) is 2.76. The fraction of sp³-hybridized carbons (Fsp3) is 0.375.